The number of carbonyl (C=O) groups excluding carboxylic acids is 2. The molecule has 1 aliphatic carbocycles. The van der Waals surface area contributed by atoms with Crippen molar-refractivity contribution in [3.63, 3.8) is 0 Å². The van der Waals surface area contributed by atoms with Gasteiger partial charge >= 0.3 is 5.97 Å². The van der Waals surface area contributed by atoms with Gasteiger partial charge in [0.2, 0.25) is 11.8 Å². The Morgan fingerprint density at radius 1 is 1.19 bits per heavy atom. The highest BCUT2D eigenvalue weighted by molar-refractivity contribution is 5.98. The number of hydrogen-bond acceptors (Lipinski definition) is 3. The molecule has 0 saturated heterocycles. The van der Waals surface area contributed by atoms with Gasteiger partial charge in [-0.3, -0.25) is 14.4 Å². The fourth-order valence-corrected chi connectivity index (χ4v) is 3.63. The number of hydrogen-bond donors (Lipinski definition) is 3. The van der Waals surface area contributed by atoms with Crippen LogP contribution in [0.5, 0.6) is 0 Å². The quantitative estimate of drug-likeness (QED) is 0.716. The largest absolute Gasteiger partial charge is 0.481 e. The average molecular weight is 364 g/mol. The fourth-order valence-electron chi connectivity index (χ4n) is 3.63. The molecular weight excluding hydrogens is 339 g/mol. The van der Waals surface area contributed by atoms with E-state index in [1.54, 1.807) is 6.92 Å². The maximum Gasteiger partial charge on any atom is 0.304 e. The van der Waals surface area contributed by atoms with E-state index in [1.807, 2.05) is 0 Å². The third-order valence-electron chi connectivity index (χ3n) is 5.08. The number of anilines is 2. The Hall–Kier alpha value is -2.44. The molecule has 1 fully saturated rings. The Kier molecular flexibility index (Phi) is 6.34. The van der Waals surface area contributed by atoms with Crippen molar-refractivity contribution in [1.29, 1.82) is 0 Å². The van der Waals surface area contributed by atoms with Crippen molar-refractivity contribution >= 4 is 29.2 Å². The summed E-state index contributed by atoms with van der Waals surface area (Å²) in [5.41, 5.74) is -0.844. The van der Waals surface area contributed by atoms with Gasteiger partial charge in [0.25, 0.3) is 0 Å². The minimum Gasteiger partial charge on any atom is -0.481 e. The lowest BCUT2D eigenvalue weighted by Crippen LogP contribution is -2.42. The lowest BCUT2D eigenvalue weighted by Gasteiger charge is -2.37. The number of carbonyl (C=O) groups is 3. The number of amides is 2. The first-order valence-corrected chi connectivity index (χ1v) is 8.83. The lowest BCUT2D eigenvalue weighted by molar-refractivity contribution is -0.145. The summed E-state index contributed by atoms with van der Waals surface area (Å²) in [6.07, 6.45) is 4.25. The smallest absolute Gasteiger partial charge is 0.304 e. The number of aliphatic carboxylic acids is 1. The minimum atomic E-state index is -1.12. The number of halogens is 1. The molecule has 0 bridgehead atoms. The predicted molar refractivity (Wildman–Crippen MR) is 96.3 cm³/mol. The topological polar surface area (TPSA) is 95.5 Å². The Morgan fingerprint density at radius 2 is 1.85 bits per heavy atom. The lowest BCUT2D eigenvalue weighted by atomic mass is 9.67. The molecule has 2 amide bonds. The van der Waals surface area contributed by atoms with Gasteiger partial charge in [-0.15, -0.1) is 0 Å². The van der Waals surface area contributed by atoms with Crippen molar-refractivity contribution in [3.8, 4) is 0 Å². The van der Waals surface area contributed by atoms with Crippen LogP contribution in [-0.2, 0) is 14.4 Å². The fraction of sp³-hybridized carbons (Fsp3) is 0.526. The Morgan fingerprint density at radius 3 is 2.42 bits per heavy atom. The van der Waals surface area contributed by atoms with E-state index in [4.69, 9.17) is 0 Å². The SMILES string of the molecule is CC(=O)Nc1ccc(F)c(NC(=O)[C@@](C)(CC(=O)O)C2CCCCC2)c1. The van der Waals surface area contributed by atoms with Crippen LogP contribution in [-0.4, -0.2) is 22.9 Å². The van der Waals surface area contributed by atoms with E-state index in [2.05, 4.69) is 10.6 Å². The van der Waals surface area contributed by atoms with E-state index in [-0.39, 0.29) is 23.9 Å². The second kappa shape index (κ2) is 8.29. The first-order valence-electron chi connectivity index (χ1n) is 8.83. The molecule has 0 spiro atoms. The van der Waals surface area contributed by atoms with E-state index in [1.165, 1.54) is 19.1 Å². The zero-order valence-electron chi connectivity index (χ0n) is 15.1. The molecule has 1 atom stereocenters. The molecule has 1 aromatic carbocycles. The van der Waals surface area contributed by atoms with Crippen molar-refractivity contribution in [2.24, 2.45) is 11.3 Å². The normalized spacial score (nSPS) is 17.2. The summed E-state index contributed by atoms with van der Waals surface area (Å²) < 4.78 is 14.1. The molecule has 0 unspecified atom stereocenters. The van der Waals surface area contributed by atoms with Crippen molar-refractivity contribution in [1.82, 2.24) is 0 Å². The maximum atomic E-state index is 14.1. The highest BCUT2D eigenvalue weighted by atomic mass is 19.1. The second-order valence-electron chi connectivity index (χ2n) is 7.15. The summed E-state index contributed by atoms with van der Waals surface area (Å²) >= 11 is 0. The molecule has 2 rings (SSSR count). The molecule has 6 nitrogen and oxygen atoms in total. The molecular formula is C19H25FN2O4. The second-order valence-corrected chi connectivity index (χ2v) is 7.15. The van der Waals surface area contributed by atoms with Crippen LogP contribution < -0.4 is 10.6 Å². The summed E-state index contributed by atoms with van der Waals surface area (Å²) in [6.45, 7) is 2.97. The molecule has 0 radical (unpaired) electrons. The third-order valence-corrected chi connectivity index (χ3v) is 5.08. The molecule has 0 aliphatic heterocycles. The molecule has 3 N–H and O–H groups in total. The van der Waals surface area contributed by atoms with E-state index in [0.29, 0.717) is 5.69 Å². The predicted octanol–water partition coefficient (Wildman–Crippen LogP) is 3.78. The summed E-state index contributed by atoms with van der Waals surface area (Å²) in [7, 11) is 0. The van der Waals surface area contributed by atoms with Gasteiger partial charge in [-0.1, -0.05) is 19.3 Å². The number of nitrogens with one attached hydrogen (secondary N) is 2. The molecule has 1 aliphatic rings. The van der Waals surface area contributed by atoms with Crippen molar-refractivity contribution < 1.29 is 23.9 Å². The molecule has 26 heavy (non-hydrogen) atoms. The minimum absolute atomic E-state index is 0.0612. The summed E-state index contributed by atoms with van der Waals surface area (Å²) in [5.74, 6) is -2.58. The van der Waals surface area contributed by atoms with Crippen LogP contribution in [0.4, 0.5) is 15.8 Å². The standard InChI is InChI=1S/C19H25FN2O4/c1-12(23)21-14-8-9-15(20)16(10-14)22-18(26)19(2,11-17(24)25)13-6-4-3-5-7-13/h8-10,13H,3-7,11H2,1-2H3,(H,21,23)(H,22,26)(H,24,25)/t19-/m0/s1. The van der Waals surface area contributed by atoms with E-state index < -0.39 is 23.1 Å². The average Bonchev–Trinajstić information content (AvgIpc) is 2.57. The third kappa shape index (κ3) is 4.80. The summed E-state index contributed by atoms with van der Waals surface area (Å²) in [6, 6.07) is 3.87. The van der Waals surface area contributed by atoms with Gasteiger partial charge < -0.3 is 15.7 Å². The van der Waals surface area contributed by atoms with Gasteiger partial charge in [0, 0.05) is 12.6 Å². The number of rotatable bonds is 6. The zero-order valence-corrected chi connectivity index (χ0v) is 15.1. The Labute approximate surface area is 152 Å². The molecule has 1 saturated carbocycles. The van der Waals surface area contributed by atoms with Crippen LogP contribution in [0.2, 0.25) is 0 Å². The molecule has 142 valence electrons. The maximum absolute atomic E-state index is 14.1. The Bertz CT molecular complexity index is 701. The van der Waals surface area contributed by atoms with Crippen LogP contribution in [0.15, 0.2) is 18.2 Å². The first-order chi connectivity index (χ1) is 12.2. The molecule has 7 heteroatoms. The summed E-state index contributed by atoms with van der Waals surface area (Å²) in [5, 5.41) is 14.4. The number of carboxylic acids is 1. The van der Waals surface area contributed by atoms with Crippen LogP contribution in [0.1, 0.15) is 52.4 Å². The highest BCUT2D eigenvalue weighted by Crippen LogP contribution is 2.42. The Balaban J connectivity index is 2.26. The van der Waals surface area contributed by atoms with E-state index >= 15 is 0 Å². The van der Waals surface area contributed by atoms with Crippen molar-refractivity contribution in [3.05, 3.63) is 24.0 Å². The van der Waals surface area contributed by atoms with E-state index in [9.17, 15) is 23.9 Å². The molecule has 1 aromatic rings. The first kappa shape index (κ1) is 19.9. The monoisotopic (exact) mass is 364 g/mol. The van der Waals surface area contributed by atoms with Gasteiger partial charge in [0.15, 0.2) is 0 Å². The van der Waals surface area contributed by atoms with Crippen LogP contribution in [0, 0.1) is 17.2 Å². The van der Waals surface area contributed by atoms with Gasteiger partial charge in [0.05, 0.1) is 17.5 Å². The zero-order chi connectivity index (χ0) is 19.3. The molecule has 0 heterocycles. The highest BCUT2D eigenvalue weighted by Gasteiger charge is 2.43. The van der Waals surface area contributed by atoms with E-state index in [0.717, 1.165) is 38.2 Å². The number of carboxylic acid groups (broad SMARTS) is 1. The van der Waals surface area contributed by atoms with Gasteiger partial charge in [-0.05, 0) is 43.9 Å². The van der Waals surface area contributed by atoms with Crippen LogP contribution >= 0.6 is 0 Å². The van der Waals surface area contributed by atoms with Gasteiger partial charge in [0.1, 0.15) is 5.82 Å². The summed E-state index contributed by atoms with van der Waals surface area (Å²) in [4.78, 5) is 35.4. The van der Waals surface area contributed by atoms with Gasteiger partial charge in [-0.25, -0.2) is 4.39 Å². The van der Waals surface area contributed by atoms with Crippen molar-refractivity contribution in [2.45, 2.75) is 52.4 Å². The van der Waals surface area contributed by atoms with Crippen molar-refractivity contribution in [2.75, 3.05) is 10.6 Å². The number of benzene rings is 1. The van der Waals surface area contributed by atoms with Crippen LogP contribution in [0.3, 0.4) is 0 Å². The van der Waals surface area contributed by atoms with Gasteiger partial charge in [-0.2, -0.15) is 0 Å². The van der Waals surface area contributed by atoms with Crippen LogP contribution in [0.25, 0.3) is 0 Å². The molecule has 0 aromatic heterocycles.